The Balaban J connectivity index is 1.53. The number of hydrogen-bond donors (Lipinski definition) is 0. The molecule has 4 nitrogen and oxygen atoms in total. The van der Waals surface area contributed by atoms with E-state index in [1.807, 2.05) is 24.3 Å². The Morgan fingerprint density at radius 3 is 2.26 bits per heavy atom. The van der Waals surface area contributed by atoms with Gasteiger partial charge >= 0.3 is 0 Å². The molecule has 0 radical (unpaired) electrons. The summed E-state index contributed by atoms with van der Waals surface area (Å²) in [6, 6.07) is 11.6. The van der Waals surface area contributed by atoms with Gasteiger partial charge in [-0.1, -0.05) is 12.1 Å². The molecule has 1 aliphatic heterocycles. The summed E-state index contributed by atoms with van der Waals surface area (Å²) in [5.41, 5.74) is 2.49. The van der Waals surface area contributed by atoms with Gasteiger partial charge in [0.2, 0.25) is 0 Å². The molecule has 0 atom stereocenters. The summed E-state index contributed by atoms with van der Waals surface area (Å²) < 4.78 is 49.6. The van der Waals surface area contributed by atoms with Gasteiger partial charge in [-0.2, -0.15) is 0 Å². The van der Waals surface area contributed by atoms with E-state index < -0.39 is 21.5 Å². The van der Waals surface area contributed by atoms with Crippen molar-refractivity contribution in [2.24, 2.45) is 0 Å². The van der Waals surface area contributed by atoms with Crippen LogP contribution in [-0.4, -0.2) is 38.0 Å². The van der Waals surface area contributed by atoms with E-state index in [2.05, 4.69) is 9.88 Å². The molecule has 4 rings (SSSR count). The molecular weight excluding hydrogens is 390 g/mol. The standard InChI is InChI=1S/C19H16F2N2O2S2/c20-16-6-3-14(11-17(16)21)19-22-12-18(26-19)13-1-4-15(5-2-13)23-7-9-27(24,25)10-8-23/h1-6,11-12H,7-10H2. The third-order valence-electron chi connectivity index (χ3n) is 4.53. The predicted molar refractivity (Wildman–Crippen MR) is 104 cm³/mol. The highest BCUT2D eigenvalue weighted by molar-refractivity contribution is 7.91. The van der Waals surface area contributed by atoms with Gasteiger partial charge in [0.15, 0.2) is 21.5 Å². The second kappa shape index (κ2) is 7.01. The van der Waals surface area contributed by atoms with Gasteiger partial charge in [0.25, 0.3) is 0 Å². The Morgan fingerprint density at radius 1 is 0.926 bits per heavy atom. The van der Waals surface area contributed by atoms with Crippen LogP contribution in [0, 0.1) is 11.6 Å². The molecule has 2 heterocycles. The Morgan fingerprint density at radius 2 is 1.59 bits per heavy atom. The van der Waals surface area contributed by atoms with Crippen LogP contribution < -0.4 is 4.90 Å². The zero-order chi connectivity index (χ0) is 19.0. The maximum absolute atomic E-state index is 13.4. The van der Waals surface area contributed by atoms with Crippen molar-refractivity contribution in [3.8, 4) is 21.0 Å². The first-order chi connectivity index (χ1) is 12.9. The van der Waals surface area contributed by atoms with Crippen LogP contribution in [0.5, 0.6) is 0 Å². The molecule has 2 aromatic carbocycles. The van der Waals surface area contributed by atoms with Gasteiger partial charge in [0.05, 0.1) is 16.4 Å². The van der Waals surface area contributed by atoms with Crippen molar-refractivity contribution in [2.75, 3.05) is 29.5 Å². The molecule has 0 aliphatic carbocycles. The average Bonchev–Trinajstić information content (AvgIpc) is 3.14. The first-order valence-electron chi connectivity index (χ1n) is 8.38. The van der Waals surface area contributed by atoms with Crippen LogP contribution in [0.15, 0.2) is 48.7 Å². The van der Waals surface area contributed by atoms with Crippen molar-refractivity contribution >= 4 is 26.9 Å². The molecule has 1 aromatic heterocycles. The smallest absolute Gasteiger partial charge is 0.159 e. The number of rotatable bonds is 3. The molecule has 3 aromatic rings. The van der Waals surface area contributed by atoms with Crippen LogP contribution in [0.25, 0.3) is 21.0 Å². The lowest BCUT2D eigenvalue weighted by atomic mass is 10.1. The summed E-state index contributed by atoms with van der Waals surface area (Å²) in [5.74, 6) is -1.41. The van der Waals surface area contributed by atoms with Gasteiger partial charge in [-0.05, 0) is 35.9 Å². The topological polar surface area (TPSA) is 50.3 Å². The second-order valence-electron chi connectivity index (χ2n) is 6.34. The minimum Gasteiger partial charge on any atom is -0.369 e. The van der Waals surface area contributed by atoms with E-state index in [0.29, 0.717) is 23.7 Å². The van der Waals surface area contributed by atoms with Crippen LogP contribution in [0.4, 0.5) is 14.5 Å². The average molecular weight is 406 g/mol. The van der Waals surface area contributed by atoms with Gasteiger partial charge in [-0.25, -0.2) is 22.2 Å². The number of anilines is 1. The number of benzene rings is 2. The molecular formula is C19H16F2N2O2S2. The van der Waals surface area contributed by atoms with Crippen LogP contribution in [-0.2, 0) is 9.84 Å². The summed E-state index contributed by atoms with van der Waals surface area (Å²) in [6.45, 7) is 1.00. The maximum atomic E-state index is 13.4. The molecule has 8 heteroatoms. The quantitative estimate of drug-likeness (QED) is 0.660. The van der Waals surface area contributed by atoms with E-state index in [4.69, 9.17) is 0 Å². The van der Waals surface area contributed by atoms with Crippen LogP contribution in [0.1, 0.15) is 0 Å². The summed E-state index contributed by atoms with van der Waals surface area (Å²) in [4.78, 5) is 7.29. The van der Waals surface area contributed by atoms with Gasteiger partial charge < -0.3 is 4.90 Å². The molecule has 1 aliphatic rings. The van der Waals surface area contributed by atoms with Crippen molar-refractivity contribution in [3.05, 3.63) is 60.3 Å². The highest BCUT2D eigenvalue weighted by atomic mass is 32.2. The Hall–Kier alpha value is -2.32. The predicted octanol–water partition coefficient (Wildman–Crippen LogP) is 3.99. The fraction of sp³-hybridized carbons (Fsp3) is 0.211. The zero-order valence-corrected chi connectivity index (χ0v) is 15.9. The number of thiazole rings is 1. The Bertz CT molecular complexity index is 1070. The van der Waals surface area contributed by atoms with E-state index in [0.717, 1.165) is 28.3 Å². The SMILES string of the molecule is O=S1(=O)CCN(c2ccc(-c3cnc(-c4ccc(F)c(F)c4)s3)cc2)CC1. The molecule has 0 saturated carbocycles. The Kier molecular flexibility index (Phi) is 4.69. The second-order valence-corrected chi connectivity index (χ2v) is 9.68. The normalized spacial score (nSPS) is 16.4. The van der Waals surface area contributed by atoms with Crippen molar-refractivity contribution in [1.82, 2.24) is 4.98 Å². The lowest BCUT2D eigenvalue weighted by Crippen LogP contribution is -2.40. The molecule has 0 bridgehead atoms. The highest BCUT2D eigenvalue weighted by Gasteiger charge is 2.21. The first kappa shape index (κ1) is 18.1. The first-order valence-corrected chi connectivity index (χ1v) is 11.0. The minimum absolute atomic E-state index is 0.182. The van der Waals surface area contributed by atoms with Crippen molar-refractivity contribution in [3.63, 3.8) is 0 Å². The van der Waals surface area contributed by atoms with Gasteiger partial charge in [0.1, 0.15) is 5.01 Å². The van der Waals surface area contributed by atoms with Crippen LogP contribution >= 0.6 is 11.3 Å². The molecule has 0 N–H and O–H groups in total. The van der Waals surface area contributed by atoms with Crippen LogP contribution in [0.3, 0.4) is 0 Å². The lowest BCUT2D eigenvalue weighted by Gasteiger charge is -2.28. The van der Waals surface area contributed by atoms with E-state index in [1.165, 1.54) is 17.4 Å². The molecule has 27 heavy (non-hydrogen) atoms. The molecule has 0 spiro atoms. The monoisotopic (exact) mass is 406 g/mol. The molecule has 140 valence electrons. The number of nitrogens with zero attached hydrogens (tertiary/aromatic N) is 2. The number of hydrogen-bond acceptors (Lipinski definition) is 5. The van der Waals surface area contributed by atoms with Crippen molar-refractivity contribution < 1.29 is 17.2 Å². The fourth-order valence-corrected chi connectivity index (χ4v) is 5.10. The van der Waals surface area contributed by atoms with Gasteiger partial charge in [-0.15, -0.1) is 11.3 Å². The third kappa shape index (κ3) is 3.86. The van der Waals surface area contributed by atoms with Gasteiger partial charge in [-0.3, -0.25) is 0 Å². The summed E-state index contributed by atoms with van der Waals surface area (Å²) in [5, 5.41) is 0.620. The van der Waals surface area contributed by atoms with E-state index in [9.17, 15) is 17.2 Å². The molecule has 0 unspecified atom stereocenters. The number of halogens is 2. The minimum atomic E-state index is -2.90. The summed E-state index contributed by atoms with van der Waals surface area (Å²) in [6.07, 6.45) is 1.71. The maximum Gasteiger partial charge on any atom is 0.159 e. The summed E-state index contributed by atoms with van der Waals surface area (Å²) in [7, 11) is -2.90. The fourth-order valence-electron chi connectivity index (χ4n) is 2.98. The lowest BCUT2D eigenvalue weighted by molar-refractivity contribution is 0.509. The number of sulfone groups is 1. The Labute approximate surface area is 160 Å². The molecule has 1 saturated heterocycles. The van der Waals surface area contributed by atoms with Crippen molar-refractivity contribution in [2.45, 2.75) is 0 Å². The van der Waals surface area contributed by atoms with Crippen LogP contribution in [0.2, 0.25) is 0 Å². The molecule has 1 fully saturated rings. The van der Waals surface area contributed by atoms with E-state index >= 15 is 0 Å². The third-order valence-corrected chi connectivity index (χ3v) is 7.24. The van der Waals surface area contributed by atoms with E-state index in [1.54, 1.807) is 6.20 Å². The largest absolute Gasteiger partial charge is 0.369 e. The molecule has 0 amide bonds. The van der Waals surface area contributed by atoms with E-state index in [-0.39, 0.29) is 11.5 Å². The van der Waals surface area contributed by atoms with Crippen molar-refractivity contribution in [1.29, 1.82) is 0 Å². The summed E-state index contributed by atoms with van der Waals surface area (Å²) >= 11 is 1.40. The highest BCUT2D eigenvalue weighted by Crippen LogP contribution is 2.33. The number of aromatic nitrogens is 1. The zero-order valence-electron chi connectivity index (χ0n) is 14.2. The van der Waals surface area contributed by atoms with Gasteiger partial charge in [0, 0.05) is 30.5 Å².